The molecule has 0 aromatic heterocycles. The lowest BCUT2D eigenvalue weighted by molar-refractivity contribution is -0.141. The van der Waals surface area contributed by atoms with Crippen molar-refractivity contribution in [3.8, 4) is 0 Å². The molecule has 1 amide bonds. The first-order valence-electron chi connectivity index (χ1n) is 6.85. The highest BCUT2D eigenvalue weighted by atomic mass is 35.5. The van der Waals surface area contributed by atoms with Crippen molar-refractivity contribution in [2.75, 3.05) is 11.4 Å². The number of ketones is 1. The van der Waals surface area contributed by atoms with Crippen molar-refractivity contribution in [2.24, 2.45) is 0 Å². The molecule has 4 nitrogen and oxygen atoms in total. The number of benzene rings is 1. The predicted molar refractivity (Wildman–Crippen MR) is 82.9 cm³/mol. The topological polar surface area (TPSA) is 57.6 Å². The quantitative estimate of drug-likeness (QED) is 0.901. The second kappa shape index (κ2) is 5.95. The number of unbranched alkanes of at least 4 members (excludes halogenated alkanes) is 1. The lowest BCUT2D eigenvalue weighted by Gasteiger charge is -2.22. The molecule has 1 aliphatic rings. The molecular weight excluding hydrogens is 313 g/mol. The summed E-state index contributed by atoms with van der Waals surface area (Å²) in [5.74, 6) is -0.773. The summed E-state index contributed by atoms with van der Waals surface area (Å²) in [7, 11) is 0. The van der Waals surface area contributed by atoms with Gasteiger partial charge in [-0.15, -0.1) is 0 Å². The summed E-state index contributed by atoms with van der Waals surface area (Å²) < 4.78 is 0. The highest BCUT2D eigenvalue weighted by Gasteiger charge is 2.51. The van der Waals surface area contributed by atoms with Gasteiger partial charge in [0.05, 0.1) is 15.7 Å². The Balaban J connectivity index is 2.58. The zero-order chi connectivity index (χ0) is 15.8. The average molecular weight is 330 g/mol. The van der Waals surface area contributed by atoms with Gasteiger partial charge in [-0.05, 0) is 19.4 Å². The Bertz CT molecular complexity index is 603. The molecule has 1 aromatic rings. The van der Waals surface area contributed by atoms with Crippen molar-refractivity contribution in [3.05, 3.63) is 27.7 Å². The van der Waals surface area contributed by atoms with Crippen molar-refractivity contribution in [2.45, 2.75) is 38.7 Å². The van der Waals surface area contributed by atoms with Crippen LogP contribution in [-0.4, -0.2) is 23.3 Å². The van der Waals surface area contributed by atoms with Gasteiger partial charge in [-0.2, -0.15) is 0 Å². The summed E-state index contributed by atoms with van der Waals surface area (Å²) in [5, 5.41) is 11.3. The third kappa shape index (κ3) is 2.68. The predicted octanol–water partition coefficient (Wildman–Crippen LogP) is 3.31. The van der Waals surface area contributed by atoms with Gasteiger partial charge in [0.2, 0.25) is 0 Å². The number of hydrogen-bond acceptors (Lipinski definition) is 3. The molecule has 1 aliphatic heterocycles. The van der Waals surface area contributed by atoms with Crippen LogP contribution in [0.4, 0.5) is 5.69 Å². The van der Waals surface area contributed by atoms with Gasteiger partial charge in [-0.25, -0.2) is 0 Å². The number of rotatable bonds is 5. The Labute approximate surface area is 133 Å². The summed E-state index contributed by atoms with van der Waals surface area (Å²) in [6.07, 6.45) is 1.39. The van der Waals surface area contributed by atoms with Crippen LogP contribution < -0.4 is 4.90 Å². The third-order valence-corrected chi connectivity index (χ3v) is 4.42. The standard InChI is InChI=1S/C15H17Cl2NO3/c1-3-4-7-18-13-10(5-6-11(16)12(13)17)15(21,14(18)20)8-9(2)19/h5-6,21H,3-4,7-8H2,1-2H3. The van der Waals surface area contributed by atoms with Gasteiger partial charge >= 0.3 is 0 Å². The van der Waals surface area contributed by atoms with Crippen molar-refractivity contribution < 1.29 is 14.7 Å². The van der Waals surface area contributed by atoms with Gasteiger partial charge < -0.3 is 10.0 Å². The number of Topliss-reactive ketones (excluding diaryl/α,β-unsaturated/α-hetero) is 1. The maximum absolute atomic E-state index is 12.6. The second-order valence-electron chi connectivity index (χ2n) is 5.31. The van der Waals surface area contributed by atoms with Gasteiger partial charge in [-0.3, -0.25) is 9.59 Å². The number of aliphatic hydroxyl groups is 1. The number of amides is 1. The van der Waals surface area contributed by atoms with Crippen LogP contribution in [0.25, 0.3) is 0 Å². The Morgan fingerprint density at radius 1 is 1.38 bits per heavy atom. The first kappa shape index (κ1) is 16.3. The number of carbonyl (C=O) groups is 2. The van der Waals surface area contributed by atoms with E-state index in [2.05, 4.69) is 0 Å². The van der Waals surface area contributed by atoms with Crippen LogP contribution in [0.5, 0.6) is 0 Å². The zero-order valence-corrected chi connectivity index (χ0v) is 13.5. The summed E-state index contributed by atoms with van der Waals surface area (Å²) in [5.41, 5.74) is -1.07. The molecule has 1 atom stereocenters. The second-order valence-corrected chi connectivity index (χ2v) is 6.09. The minimum absolute atomic E-state index is 0.234. The van der Waals surface area contributed by atoms with E-state index in [0.717, 1.165) is 12.8 Å². The minimum atomic E-state index is -1.84. The number of nitrogens with zero attached hydrogens (tertiary/aromatic N) is 1. The summed E-state index contributed by atoms with van der Waals surface area (Å²) in [6.45, 7) is 3.78. The van der Waals surface area contributed by atoms with Gasteiger partial charge in [0.15, 0.2) is 5.60 Å². The minimum Gasteiger partial charge on any atom is -0.375 e. The Morgan fingerprint density at radius 3 is 2.62 bits per heavy atom. The summed E-state index contributed by atoms with van der Waals surface area (Å²) in [4.78, 5) is 25.5. The van der Waals surface area contributed by atoms with Crippen LogP contribution in [0.15, 0.2) is 12.1 Å². The molecule has 114 valence electrons. The highest BCUT2D eigenvalue weighted by Crippen LogP contribution is 2.48. The third-order valence-electron chi connectivity index (χ3n) is 3.62. The molecule has 1 N–H and O–H groups in total. The molecular formula is C15H17Cl2NO3. The van der Waals surface area contributed by atoms with Gasteiger partial charge in [0, 0.05) is 18.5 Å². The van der Waals surface area contributed by atoms with E-state index in [1.54, 1.807) is 6.07 Å². The van der Waals surface area contributed by atoms with Crippen molar-refractivity contribution in [1.29, 1.82) is 0 Å². The van der Waals surface area contributed by atoms with E-state index in [1.807, 2.05) is 6.92 Å². The summed E-state index contributed by atoms with van der Waals surface area (Å²) in [6, 6.07) is 3.10. The molecule has 2 rings (SSSR count). The summed E-state index contributed by atoms with van der Waals surface area (Å²) >= 11 is 12.2. The van der Waals surface area contributed by atoms with E-state index in [9.17, 15) is 14.7 Å². The van der Waals surface area contributed by atoms with E-state index < -0.39 is 11.5 Å². The van der Waals surface area contributed by atoms with E-state index in [-0.39, 0.29) is 17.2 Å². The lowest BCUT2D eigenvalue weighted by atomic mass is 9.90. The smallest absolute Gasteiger partial charge is 0.264 e. The van der Waals surface area contributed by atoms with Gasteiger partial charge in [0.1, 0.15) is 5.78 Å². The maximum Gasteiger partial charge on any atom is 0.264 e. The molecule has 0 aliphatic carbocycles. The number of fused-ring (bicyclic) bond motifs is 1. The Hall–Kier alpha value is -1.10. The molecule has 21 heavy (non-hydrogen) atoms. The zero-order valence-electron chi connectivity index (χ0n) is 11.9. The molecule has 1 unspecified atom stereocenters. The van der Waals surface area contributed by atoms with Crippen molar-refractivity contribution in [3.63, 3.8) is 0 Å². The maximum atomic E-state index is 12.6. The average Bonchev–Trinajstić information content (AvgIpc) is 2.61. The molecule has 0 radical (unpaired) electrons. The SMILES string of the molecule is CCCCN1C(=O)C(O)(CC(C)=O)c2ccc(Cl)c(Cl)c21. The number of carbonyl (C=O) groups excluding carboxylic acids is 2. The molecule has 0 bridgehead atoms. The number of halogens is 2. The normalized spacial score (nSPS) is 20.8. The number of anilines is 1. The highest BCUT2D eigenvalue weighted by molar-refractivity contribution is 6.44. The Kier molecular flexibility index (Phi) is 4.61. The Morgan fingerprint density at radius 2 is 2.05 bits per heavy atom. The van der Waals surface area contributed by atoms with E-state index in [4.69, 9.17) is 23.2 Å². The van der Waals surface area contributed by atoms with Gasteiger partial charge in [0.25, 0.3) is 5.91 Å². The fourth-order valence-corrected chi connectivity index (χ4v) is 3.06. The van der Waals surface area contributed by atoms with Crippen LogP contribution in [0, 0.1) is 0 Å². The first-order valence-corrected chi connectivity index (χ1v) is 7.60. The molecule has 6 heteroatoms. The lowest BCUT2D eigenvalue weighted by Crippen LogP contribution is -2.41. The van der Waals surface area contributed by atoms with Gasteiger partial charge in [-0.1, -0.05) is 42.6 Å². The molecule has 0 spiro atoms. The van der Waals surface area contributed by atoms with E-state index >= 15 is 0 Å². The van der Waals surface area contributed by atoms with Crippen LogP contribution in [0.3, 0.4) is 0 Å². The molecule has 0 fully saturated rings. The molecule has 1 aromatic carbocycles. The molecule has 0 saturated carbocycles. The first-order chi connectivity index (χ1) is 9.82. The van der Waals surface area contributed by atoms with E-state index in [0.29, 0.717) is 22.8 Å². The largest absolute Gasteiger partial charge is 0.375 e. The van der Waals surface area contributed by atoms with E-state index in [1.165, 1.54) is 17.9 Å². The fourth-order valence-electron chi connectivity index (χ4n) is 2.64. The monoisotopic (exact) mass is 329 g/mol. The molecule has 0 saturated heterocycles. The molecule has 1 heterocycles. The van der Waals surface area contributed by atoms with Crippen molar-refractivity contribution >= 4 is 40.6 Å². The van der Waals surface area contributed by atoms with Crippen molar-refractivity contribution in [1.82, 2.24) is 0 Å². The van der Waals surface area contributed by atoms with Crippen LogP contribution in [-0.2, 0) is 15.2 Å². The van der Waals surface area contributed by atoms with Crippen LogP contribution in [0.1, 0.15) is 38.7 Å². The van der Waals surface area contributed by atoms with Crippen LogP contribution in [0.2, 0.25) is 10.0 Å². The number of hydrogen-bond donors (Lipinski definition) is 1. The van der Waals surface area contributed by atoms with Crippen LogP contribution >= 0.6 is 23.2 Å². The fraction of sp³-hybridized carbons (Fsp3) is 0.467.